The molecular formula is C15H28N2O2. The summed E-state index contributed by atoms with van der Waals surface area (Å²) in [6, 6.07) is 0.152. The number of amides is 1. The molecule has 2 saturated carbocycles. The molecule has 1 amide bonds. The zero-order chi connectivity index (χ0) is 13.7. The molecule has 4 heteroatoms. The Hall–Kier alpha value is -0.610. The summed E-state index contributed by atoms with van der Waals surface area (Å²) in [4.78, 5) is 12.2. The van der Waals surface area contributed by atoms with Gasteiger partial charge in [0.2, 0.25) is 5.91 Å². The minimum atomic E-state index is -0.231. The number of hydrogen-bond donors (Lipinski definition) is 3. The van der Waals surface area contributed by atoms with Crippen LogP contribution in [0.25, 0.3) is 0 Å². The SMILES string of the molecule is CC(NC1(CO)CCCCC1)C(=O)NC1CCCC1. The monoisotopic (exact) mass is 268 g/mol. The molecule has 0 aromatic carbocycles. The second-order valence-corrected chi connectivity index (χ2v) is 6.36. The van der Waals surface area contributed by atoms with Crippen LogP contribution in [0, 0.1) is 0 Å². The van der Waals surface area contributed by atoms with Crippen molar-refractivity contribution in [1.82, 2.24) is 10.6 Å². The molecule has 1 atom stereocenters. The standard InChI is InChI=1S/C15H28N2O2/c1-12(14(19)16-13-7-3-4-8-13)17-15(11-18)9-5-2-6-10-15/h12-13,17-18H,2-11H2,1H3,(H,16,19). The maximum absolute atomic E-state index is 12.2. The molecule has 3 N–H and O–H groups in total. The lowest BCUT2D eigenvalue weighted by Gasteiger charge is -2.38. The molecule has 4 nitrogen and oxygen atoms in total. The van der Waals surface area contributed by atoms with Crippen molar-refractivity contribution in [2.45, 2.75) is 82.3 Å². The van der Waals surface area contributed by atoms with Gasteiger partial charge in [0, 0.05) is 11.6 Å². The average molecular weight is 268 g/mol. The van der Waals surface area contributed by atoms with Gasteiger partial charge in [0.25, 0.3) is 0 Å². The van der Waals surface area contributed by atoms with E-state index in [4.69, 9.17) is 0 Å². The lowest BCUT2D eigenvalue weighted by Crippen LogP contribution is -2.58. The maximum atomic E-state index is 12.2. The highest BCUT2D eigenvalue weighted by atomic mass is 16.3. The van der Waals surface area contributed by atoms with E-state index in [9.17, 15) is 9.90 Å². The minimum Gasteiger partial charge on any atom is -0.394 e. The molecule has 0 saturated heterocycles. The lowest BCUT2D eigenvalue weighted by atomic mass is 9.81. The molecule has 19 heavy (non-hydrogen) atoms. The Balaban J connectivity index is 1.83. The predicted octanol–water partition coefficient (Wildman–Crippen LogP) is 1.72. The number of aliphatic hydroxyl groups is 1. The highest BCUT2D eigenvalue weighted by molar-refractivity contribution is 5.81. The van der Waals surface area contributed by atoms with Crippen molar-refractivity contribution < 1.29 is 9.90 Å². The van der Waals surface area contributed by atoms with Crippen LogP contribution in [0.4, 0.5) is 0 Å². The first kappa shape index (κ1) is 14.8. The molecule has 0 bridgehead atoms. The number of carbonyl (C=O) groups excluding carboxylic acids is 1. The molecule has 0 aromatic heterocycles. The minimum absolute atomic E-state index is 0.0882. The van der Waals surface area contributed by atoms with Crippen molar-refractivity contribution in [2.24, 2.45) is 0 Å². The maximum Gasteiger partial charge on any atom is 0.237 e. The summed E-state index contributed by atoms with van der Waals surface area (Å²) in [5.41, 5.74) is -0.231. The van der Waals surface area contributed by atoms with E-state index in [2.05, 4.69) is 10.6 Å². The van der Waals surface area contributed by atoms with Gasteiger partial charge >= 0.3 is 0 Å². The molecule has 2 rings (SSSR count). The van der Waals surface area contributed by atoms with Gasteiger partial charge in [0.1, 0.15) is 0 Å². The Bertz CT molecular complexity index is 295. The fourth-order valence-corrected chi connectivity index (χ4v) is 3.50. The van der Waals surface area contributed by atoms with Crippen molar-refractivity contribution in [1.29, 1.82) is 0 Å². The highest BCUT2D eigenvalue weighted by Gasteiger charge is 2.34. The second-order valence-electron chi connectivity index (χ2n) is 6.36. The summed E-state index contributed by atoms with van der Waals surface area (Å²) in [6.07, 6.45) is 10.2. The van der Waals surface area contributed by atoms with Crippen LogP contribution in [0.15, 0.2) is 0 Å². The molecule has 0 aliphatic heterocycles. The van der Waals surface area contributed by atoms with Crippen molar-refractivity contribution in [3.8, 4) is 0 Å². The first-order chi connectivity index (χ1) is 9.15. The fraction of sp³-hybridized carbons (Fsp3) is 0.933. The van der Waals surface area contributed by atoms with Gasteiger partial charge in [-0.05, 0) is 32.6 Å². The van der Waals surface area contributed by atoms with E-state index in [-0.39, 0.29) is 24.1 Å². The molecule has 0 radical (unpaired) electrons. The van der Waals surface area contributed by atoms with Gasteiger partial charge in [-0.1, -0.05) is 32.1 Å². The smallest absolute Gasteiger partial charge is 0.237 e. The summed E-state index contributed by atoms with van der Waals surface area (Å²) >= 11 is 0. The zero-order valence-electron chi connectivity index (χ0n) is 12.1. The first-order valence-corrected chi connectivity index (χ1v) is 7.84. The van der Waals surface area contributed by atoms with E-state index in [1.807, 2.05) is 6.92 Å². The van der Waals surface area contributed by atoms with Crippen molar-refractivity contribution in [3.63, 3.8) is 0 Å². The summed E-state index contributed by atoms with van der Waals surface area (Å²) in [6.45, 7) is 2.05. The van der Waals surface area contributed by atoms with E-state index < -0.39 is 0 Å². The zero-order valence-corrected chi connectivity index (χ0v) is 12.1. The van der Waals surface area contributed by atoms with Gasteiger partial charge in [-0.2, -0.15) is 0 Å². The molecule has 2 aliphatic rings. The Morgan fingerprint density at radius 1 is 1.21 bits per heavy atom. The van der Waals surface area contributed by atoms with Crippen molar-refractivity contribution in [3.05, 3.63) is 0 Å². The molecule has 2 fully saturated rings. The van der Waals surface area contributed by atoms with Crippen LogP contribution < -0.4 is 10.6 Å². The summed E-state index contributed by atoms with van der Waals surface area (Å²) in [5.74, 6) is 0.0882. The highest BCUT2D eigenvalue weighted by Crippen LogP contribution is 2.28. The Morgan fingerprint density at radius 3 is 2.42 bits per heavy atom. The van der Waals surface area contributed by atoms with Gasteiger partial charge in [0.15, 0.2) is 0 Å². The molecule has 0 heterocycles. The molecule has 110 valence electrons. The Labute approximate surface area is 116 Å². The van der Waals surface area contributed by atoms with Crippen LogP contribution in [0.3, 0.4) is 0 Å². The van der Waals surface area contributed by atoms with Gasteiger partial charge < -0.3 is 10.4 Å². The molecule has 0 spiro atoms. The van der Waals surface area contributed by atoms with Gasteiger partial charge in [0.05, 0.1) is 12.6 Å². The van der Waals surface area contributed by atoms with E-state index in [1.165, 1.54) is 19.3 Å². The van der Waals surface area contributed by atoms with Gasteiger partial charge in [-0.15, -0.1) is 0 Å². The largest absolute Gasteiger partial charge is 0.394 e. The van der Waals surface area contributed by atoms with Gasteiger partial charge in [-0.25, -0.2) is 0 Å². The third-order valence-electron chi connectivity index (χ3n) is 4.73. The molecule has 1 unspecified atom stereocenters. The number of nitrogens with one attached hydrogen (secondary N) is 2. The topological polar surface area (TPSA) is 61.4 Å². The Morgan fingerprint density at radius 2 is 1.84 bits per heavy atom. The van der Waals surface area contributed by atoms with Crippen molar-refractivity contribution >= 4 is 5.91 Å². The first-order valence-electron chi connectivity index (χ1n) is 7.84. The number of carbonyl (C=O) groups is 1. The van der Waals surface area contributed by atoms with Crippen LogP contribution in [-0.4, -0.2) is 35.2 Å². The number of rotatable bonds is 5. The van der Waals surface area contributed by atoms with Crippen LogP contribution in [-0.2, 0) is 4.79 Å². The average Bonchev–Trinajstić information content (AvgIpc) is 2.92. The second kappa shape index (κ2) is 6.71. The number of hydrogen-bond acceptors (Lipinski definition) is 3. The Kier molecular flexibility index (Phi) is 5.22. The summed E-state index contributed by atoms with van der Waals surface area (Å²) < 4.78 is 0. The predicted molar refractivity (Wildman–Crippen MR) is 75.9 cm³/mol. The summed E-state index contributed by atoms with van der Waals surface area (Å²) in [7, 11) is 0. The molecule has 0 aromatic rings. The van der Waals surface area contributed by atoms with E-state index in [1.54, 1.807) is 0 Å². The molecule has 2 aliphatic carbocycles. The third-order valence-corrected chi connectivity index (χ3v) is 4.73. The van der Waals surface area contributed by atoms with E-state index in [0.717, 1.165) is 38.5 Å². The van der Waals surface area contributed by atoms with Crippen LogP contribution in [0.1, 0.15) is 64.7 Å². The molecular weight excluding hydrogens is 240 g/mol. The number of aliphatic hydroxyl groups excluding tert-OH is 1. The van der Waals surface area contributed by atoms with Gasteiger partial charge in [-0.3, -0.25) is 10.1 Å². The normalized spacial score (nSPS) is 25.2. The van der Waals surface area contributed by atoms with E-state index in [0.29, 0.717) is 6.04 Å². The third kappa shape index (κ3) is 3.93. The van der Waals surface area contributed by atoms with Crippen molar-refractivity contribution in [2.75, 3.05) is 6.61 Å². The van der Waals surface area contributed by atoms with Crippen LogP contribution in [0.5, 0.6) is 0 Å². The van der Waals surface area contributed by atoms with E-state index >= 15 is 0 Å². The van der Waals surface area contributed by atoms with Crippen LogP contribution >= 0.6 is 0 Å². The summed E-state index contributed by atoms with van der Waals surface area (Å²) in [5, 5.41) is 16.2. The fourth-order valence-electron chi connectivity index (χ4n) is 3.50. The lowest BCUT2D eigenvalue weighted by molar-refractivity contribution is -0.124. The quantitative estimate of drug-likeness (QED) is 0.711. The van der Waals surface area contributed by atoms with Crippen LogP contribution in [0.2, 0.25) is 0 Å².